The number of amides is 1. The van der Waals surface area contributed by atoms with E-state index in [1.54, 1.807) is 11.8 Å². The lowest BCUT2D eigenvalue weighted by Gasteiger charge is -2.24. The number of benzene rings is 4. The molecule has 1 aromatic heterocycles. The van der Waals surface area contributed by atoms with Crippen molar-refractivity contribution in [2.75, 3.05) is 7.11 Å². The van der Waals surface area contributed by atoms with Crippen LogP contribution in [0.5, 0.6) is 5.75 Å². The second-order valence-corrected chi connectivity index (χ2v) is 9.34. The SMILES string of the molecule is COc1ccc(-c2cc3ccccc3cc2C(=O)NC(C)(C)c2cn(Cc3ccccc3)nn2)cc1. The minimum Gasteiger partial charge on any atom is -0.497 e. The monoisotopic (exact) mass is 476 g/mol. The third-order valence-corrected chi connectivity index (χ3v) is 6.32. The summed E-state index contributed by atoms with van der Waals surface area (Å²) in [7, 11) is 1.64. The Labute approximate surface area is 210 Å². The number of carbonyl (C=O) groups is 1. The standard InChI is InChI=1S/C30H28N4O2/c1-30(2,28-20-34(33-32-28)19-21-9-5-4-6-10-21)31-29(35)27-18-24-12-8-7-11-23(24)17-26(27)22-13-15-25(36-3)16-14-22/h4-18,20H,19H2,1-3H3,(H,31,35). The van der Waals surface area contributed by atoms with Crippen LogP contribution in [0.1, 0.15) is 35.5 Å². The van der Waals surface area contributed by atoms with Crippen molar-refractivity contribution in [2.24, 2.45) is 0 Å². The van der Waals surface area contributed by atoms with E-state index in [2.05, 4.69) is 39.9 Å². The Morgan fingerprint density at radius 1 is 0.917 bits per heavy atom. The molecule has 0 unspecified atom stereocenters. The van der Waals surface area contributed by atoms with Gasteiger partial charge in [-0.25, -0.2) is 4.68 Å². The number of aromatic nitrogens is 3. The first kappa shape index (κ1) is 23.3. The molecular formula is C30H28N4O2. The lowest BCUT2D eigenvalue weighted by molar-refractivity contribution is 0.0911. The molecule has 1 heterocycles. The van der Waals surface area contributed by atoms with Crippen LogP contribution in [-0.4, -0.2) is 28.0 Å². The van der Waals surface area contributed by atoms with Crippen molar-refractivity contribution in [1.82, 2.24) is 20.3 Å². The van der Waals surface area contributed by atoms with E-state index in [4.69, 9.17) is 4.74 Å². The number of fused-ring (bicyclic) bond motifs is 1. The highest BCUT2D eigenvalue weighted by Crippen LogP contribution is 2.31. The zero-order chi connectivity index (χ0) is 25.1. The lowest BCUT2D eigenvalue weighted by Crippen LogP contribution is -2.41. The number of methoxy groups -OCH3 is 1. The van der Waals surface area contributed by atoms with Gasteiger partial charge in [0.2, 0.25) is 0 Å². The molecule has 5 aromatic rings. The molecule has 6 nitrogen and oxygen atoms in total. The van der Waals surface area contributed by atoms with Gasteiger partial charge in [-0.3, -0.25) is 4.79 Å². The molecule has 0 spiro atoms. The Morgan fingerprint density at radius 3 is 2.28 bits per heavy atom. The molecule has 0 fully saturated rings. The molecular weight excluding hydrogens is 448 g/mol. The maximum atomic E-state index is 13.7. The highest BCUT2D eigenvalue weighted by atomic mass is 16.5. The minimum atomic E-state index is -0.727. The summed E-state index contributed by atoms with van der Waals surface area (Å²) in [5.74, 6) is 0.597. The second-order valence-electron chi connectivity index (χ2n) is 9.34. The maximum Gasteiger partial charge on any atom is 0.252 e. The summed E-state index contributed by atoms with van der Waals surface area (Å²) < 4.78 is 7.10. The fourth-order valence-corrected chi connectivity index (χ4v) is 4.29. The average molecular weight is 477 g/mol. The van der Waals surface area contributed by atoms with Crippen LogP contribution in [0.15, 0.2) is 97.2 Å². The predicted molar refractivity (Wildman–Crippen MR) is 142 cm³/mol. The number of ether oxygens (including phenoxy) is 1. The zero-order valence-corrected chi connectivity index (χ0v) is 20.6. The molecule has 0 saturated heterocycles. The molecule has 0 saturated carbocycles. The molecule has 4 aromatic carbocycles. The number of carbonyl (C=O) groups excluding carboxylic acids is 1. The lowest BCUT2D eigenvalue weighted by atomic mass is 9.93. The molecule has 0 aliphatic carbocycles. The first-order chi connectivity index (χ1) is 17.4. The van der Waals surface area contributed by atoms with Gasteiger partial charge < -0.3 is 10.1 Å². The van der Waals surface area contributed by atoms with Crippen molar-refractivity contribution in [2.45, 2.75) is 25.9 Å². The number of hydrogen-bond acceptors (Lipinski definition) is 4. The van der Waals surface area contributed by atoms with Gasteiger partial charge in [-0.2, -0.15) is 0 Å². The van der Waals surface area contributed by atoms with E-state index in [1.807, 2.05) is 86.8 Å². The summed E-state index contributed by atoms with van der Waals surface area (Å²) in [6.45, 7) is 4.50. The van der Waals surface area contributed by atoms with Gasteiger partial charge in [-0.15, -0.1) is 5.10 Å². The molecule has 0 aliphatic rings. The van der Waals surface area contributed by atoms with Gasteiger partial charge in [0.15, 0.2) is 0 Å². The van der Waals surface area contributed by atoms with Gasteiger partial charge >= 0.3 is 0 Å². The van der Waals surface area contributed by atoms with E-state index in [0.29, 0.717) is 17.8 Å². The van der Waals surface area contributed by atoms with Gasteiger partial charge in [0.1, 0.15) is 11.4 Å². The van der Waals surface area contributed by atoms with Crippen LogP contribution in [0, 0.1) is 0 Å². The van der Waals surface area contributed by atoms with Crippen LogP contribution >= 0.6 is 0 Å². The van der Waals surface area contributed by atoms with Crippen molar-refractivity contribution >= 4 is 16.7 Å². The van der Waals surface area contributed by atoms with E-state index < -0.39 is 5.54 Å². The van der Waals surface area contributed by atoms with Crippen LogP contribution < -0.4 is 10.1 Å². The normalized spacial score (nSPS) is 11.4. The quantitative estimate of drug-likeness (QED) is 0.321. The summed E-state index contributed by atoms with van der Waals surface area (Å²) in [6.07, 6.45) is 1.89. The molecule has 1 amide bonds. The van der Waals surface area contributed by atoms with Crippen molar-refractivity contribution in [3.05, 3.63) is 114 Å². The molecule has 180 valence electrons. The van der Waals surface area contributed by atoms with Crippen molar-refractivity contribution in [3.8, 4) is 16.9 Å². The van der Waals surface area contributed by atoms with Gasteiger partial charge in [0, 0.05) is 5.56 Å². The molecule has 0 aliphatic heterocycles. The summed E-state index contributed by atoms with van der Waals surface area (Å²) in [4.78, 5) is 13.7. The molecule has 6 heteroatoms. The first-order valence-corrected chi connectivity index (χ1v) is 11.9. The van der Waals surface area contributed by atoms with Gasteiger partial charge in [-0.05, 0) is 65.6 Å². The molecule has 0 atom stereocenters. The first-order valence-electron chi connectivity index (χ1n) is 11.9. The summed E-state index contributed by atoms with van der Waals surface area (Å²) in [6, 6.07) is 29.9. The topological polar surface area (TPSA) is 69.0 Å². The van der Waals surface area contributed by atoms with Crippen LogP contribution in [0.2, 0.25) is 0 Å². The number of rotatable bonds is 7. The van der Waals surface area contributed by atoms with Crippen LogP contribution in [0.3, 0.4) is 0 Å². The average Bonchev–Trinajstić information content (AvgIpc) is 3.38. The Morgan fingerprint density at radius 2 is 1.58 bits per heavy atom. The van der Waals surface area contributed by atoms with E-state index in [-0.39, 0.29) is 5.91 Å². The zero-order valence-electron chi connectivity index (χ0n) is 20.6. The fraction of sp³-hybridized carbons (Fsp3) is 0.167. The van der Waals surface area contributed by atoms with E-state index in [0.717, 1.165) is 33.2 Å². The fourth-order valence-electron chi connectivity index (χ4n) is 4.29. The largest absolute Gasteiger partial charge is 0.497 e. The van der Waals surface area contributed by atoms with Gasteiger partial charge in [0.25, 0.3) is 5.91 Å². The highest BCUT2D eigenvalue weighted by molar-refractivity contribution is 6.05. The van der Waals surface area contributed by atoms with Crippen LogP contribution in [0.4, 0.5) is 0 Å². The van der Waals surface area contributed by atoms with Gasteiger partial charge in [0.05, 0.1) is 25.4 Å². The molecule has 36 heavy (non-hydrogen) atoms. The smallest absolute Gasteiger partial charge is 0.252 e. The highest BCUT2D eigenvalue weighted by Gasteiger charge is 2.28. The van der Waals surface area contributed by atoms with Crippen molar-refractivity contribution < 1.29 is 9.53 Å². The maximum absolute atomic E-state index is 13.7. The number of nitrogens with one attached hydrogen (secondary N) is 1. The summed E-state index contributed by atoms with van der Waals surface area (Å²) in [5, 5.41) is 13.9. The molecule has 0 radical (unpaired) electrons. The summed E-state index contributed by atoms with van der Waals surface area (Å²) in [5.41, 5.74) is 3.50. The Kier molecular flexibility index (Phi) is 6.25. The van der Waals surface area contributed by atoms with Gasteiger partial charge in [-0.1, -0.05) is 71.9 Å². The van der Waals surface area contributed by atoms with Crippen LogP contribution in [0.25, 0.3) is 21.9 Å². The third-order valence-electron chi connectivity index (χ3n) is 6.32. The van der Waals surface area contributed by atoms with Crippen molar-refractivity contribution in [3.63, 3.8) is 0 Å². The molecule has 5 rings (SSSR count). The van der Waals surface area contributed by atoms with E-state index in [9.17, 15) is 4.79 Å². The predicted octanol–water partition coefficient (Wildman–Crippen LogP) is 5.82. The van der Waals surface area contributed by atoms with E-state index >= 15 is 0 Å². The van der Waals surface area contributed by atoms with Crippen molar-refractivity contribution in [1.29, 1.82) is 0 Å². The Bertz CT molecular complexity index is 1510. The number of nitrogens with zero attached hydrogens (tertiary/aromatic N) is 3. The molecule has 1 N–H and O–H groups in total. The Hall–Kier alpha value is -4.45. The van der Waals surface area contributed by atoms with E-state index in [1.165, 1.54) is 0 Å². The number of hydrogen-bond donors (Lipinski definition) is 1. The Balaban J connectivity index is 1.45. The minimum absolute atomic E-state index is 0.172. The van der Waals surface area contributed by atoms with Crippen LogP contribution in [-0.2, 0) is 12.1 Å². The molecule has 0 bridgehead atoms. The summed E-state index contributed by atoms with van der Waals surface area (Å²) >= 11 is 0. The second kappa shape index (κ2) is 9.66. The third kappa shape index (κ3) is 4.84.